The van der Waals surface area contributed by atoms with E-state index < -0.39 is 10.0 Å². The molecule has 0 aliphatic rings. The van der Waals surface area contributed by atoms with Gasteiger partial charge in [0.25, 0.3) is 0 Å². The summed E-state index contributed by atoms with van der Waals surface area (Å²) in [6.45, 7) is 0. The van der Waals surface area contributed by atoms with E-state index in [1.54, 1.807) is 30.3 Å². The Bertz CT molecular complexity index is 1090. The maximum absolute atomic E-state index is 11.6. The van der Waals surface area contributed by atoms with Gasteiger partial charge in [-0.3, -0.25) is 0 Å². The van der Waals surface area contributed by atoms with Crippen LogP contribution >= 0.6 is 12.2 Å². The molecular weight excluding hydrogens is 362 g/mol. The van der Waals surface area contributed by atoms with E-state index in [4.69, 9.17) is 17.4 Å². The van der Waals surface area contributed by atoms with E-state index in [1.807, 2.05) is 6.07 Å². The molecule has 25 heavy (non-hydrogen) atoms. The monoisotopic (exact) mass is 375 g/mol. The zero-order valence-corrected chi connectivity index (χ0v) is 14.3. The number of para-hydroxylation sites is 2. The molecule has 0 radical (unpaired) electrons. The van der Waals surface area contributed by atoms with Gasteiger partial charge in [-0.25, -0.2) is 13.6 Å². The summed E-state index contributed by atoms with van der Waals surface area (Å²) in [6, 6.07) is 13.2. The van der Waals surface area contributed by atoms with Crippen LogP contribution in [0, 0.1) is 0 Å². The maximum atomic E-state index is 11.6. The fourth-order valence-electron chi connectivity index (χ4n) is 2.27. The molecule has 0 amide bonds. The van der Waals surface area contributed by atoms with Gasteiger partial charge in [-0.05, 0) is 30.4 Å². The average molecular weight is 375 g/mol. The van der Waals surface area contributed by atoms with Gasteiger partial charge in [-0.15, -0.1) is 10.2 Å². The zero-order valence-electron chi connectivity index (χ0n) is 12.7. The van der Waals surface area contributed by atoms with Crippen molar-refractivity contribution in [2.75, 3.05) is 5.32 Å². The molecule has 2 aromatic carbocycles. The van der Waals surface area contributed by atoms with Gasteiger partial charge in [-0.1, -0.05) is 30.3 Å². The number of thiocarbonyl (C=S) groups is 1. The molecule has 0 saturated heterocycles. The Balaban J connectivity index is 1.86. The number of aromatic amines is 1. The van der Waals surface area contributed by atoms with E-state index in [0.717, 1.165) is 0 Å². The number of hydrogen-bond donors (Lipinski definition) is 4. The minimum Gasteiger partial charge on any atom is -0.493 e. The number of H-pyrrole nitrogens is 1. The van der Waals surface area contributed by atoms with Crippen molar-refractivity contribution in [2.24, 2.45) is 15.4 Å². The maximum Gasteiger partial charge on any atom is 0.240 e. The molecule has 128 valence electrons. The van der Waals surface area contributed by atoms with Gasteiger partial charge in [0.2, 0.25) is 21.0 Å². The lowest BCUT2D eigenvalue weighted by molar-refractivity contribution is 0.459. The number of aromatic nitrogens is 1. The molecule has 10 heteroatoms. The molecule has 8 nitrogen and oxygen atoms in total. The van der Waals surface area contributed by atoms with Crippen molar-refractivity contribution in [3.8, 4) is 5.88 Å². The Labute approximate surface area is 148 Å². The van der Waals surface area contributed by atoms with Crippen LogP contribution in [-0.4, -0.2) is 23.6 Å². The molecule has 1 heterocycles. The Morgan fingerprint density at radius 1 is 1.16 bits per heavy atom. The van der Waals surface area contributed by atoms with Crippen molar-refractivity contribution < 1.29 is 13.5 Å². The fourth-order valence-corrected chi connectivity index (χ4v) is 3.11. The number of nitrogens with zero attached hydrogens (tertiary/aromatic N) is 2. The van der Waals surface area contributed by atoms with Crippen LogP contribution < -0.4 is 10.5 Å². The van der Waals surface area contributed by atoms with Crippen LogP contribution in [-0.2, 0) is 10.0 Å². The quantitative estimate of drug-likeness (QED) is 0.412. The largest absolute Gasteiger partial charge is 0.493 e. The number of nitrogens with one attached hydrogen (secondary N) is 2. The normalized spacial score (nSPS) is 11.9. The number of aromatic hydroxyl groups is 1. The van der Waals surface area contributed by atoms with Gasteiger partial charge in [0.15, 0.2) is 5.69 Å². The van der Waals surface area contributed by atoms with Crippen molar-refractivity contribution in [3.05, 3.63) is 48.5 Å². The molecule has 3 aromatic rings. The lowest BCUT2D eigenvalue weighted by Crippen LogP contribution is -2.16. The summed E-state index contributed by atoms with van der Waals surface area (Å²) in [6.07, 6.45) is 0. The number of anilines is 1. The van der Waals surface area contributed by atoms with Gasteiger partial charge in [0.05, 0.1) is 11.2 Å². The summed E-state index contributed by atoms with van der Waals surface area (Å²) in [5, 5.41) is 26.1. The average Bonchev–Trinajstić information content (AvgIpc) is 2.87. The van der Waals surface area contributed by atoms with Gasteiger partial charge in [0, 0.05) is 5.39 Å². The molecule has 0 atom stereocenters. The topological polar surface area (TPSA) is 133 Å². The van der Waals surface area contributed by atoms with E-state index in [1.165, 1.54) is 12.1 Å². The first kappa shape index (κ1) is 17.0. The number of hydrogen-bond acceptors (Lipinski definition) is 5. The standard InChI is InChI=1S/C15H13N5O3S2/c16-25(22,23)12-8-4-3-7-11(12)18-15(24)20-19-13-9-5-1-2-6-10(9)17-14(13)21/h1-8,17,21H,(H,18,24)(H2,16,22,23). The summed E-state index contributed by atoms with van der Waals surface area (Å²) in [7, 11) is -3.91. The van der Waals surface area contributed by atoms with E-state index in [9.17, 15) is 13.5 Å². The third kappa shape index (κ3) is 3.65. The number of benzene rings is 2. The third-order valence-electron chi connectivity index (χ3n) is 3.34. The molecule has 0 bridgehead atoms. The highest BCUT2D eigenvalue weighted by molar-refractivity contribution is 7.89. The highest BCUT2D eigenvalue weighted by Crippen LogP contribution is 2.35. The molecule has 0 unspecified atom stereocenters. The number of primary sulfonamides is 1. The van der Waals surface area contributed by atoms with Crippen molar-refractivity contribution in [1.29, 1.82) is 0 Å². The number of sulfonamides is 1. The van der Waals surface area contributed by atoms with E-state index in [0.29, 0.717) is 10.9 Å². The minimum absolute atomic E-state index is 0.0826. The number of fused-ring (bicyclic) bond motifs is 1. The van der Waals surface area contributed by atoms with Gasteiger partial charge >= 0.3 is 0 Å². The van der Waals surface area contributed by atoms with E-state index >= 15 is 0 Å². The van der Waals surface area contributed by atoms with Crippen molar-refractivity contribution in [3.63, 3.8) is 0 Å². The first-order valence-electron chi connectivity index (χ1n) is 7.00. The van der Waals surface area contributed by atoms with Crippen molar-refractivity contribution in [2.45, 2.75) is 4.90 Å². The molecule has 3 rings (SSSR count). The van der Waals surface area contributed by atoms with Gasteiger partial charge in [-0.2, -0.15) is 0 Å². The second kappa shape index (κ2) is 6.59. The van der Waals surface area contributed by atoms with Crippen LogP contribution in [0.3, 0.4) is 0 Å². The zero-order chi connectivity index (χ0) is 18.0. The van der Waals surface area contributed by atoms with Gasteiger partial charge < -0.3 is 15.4 Å². The Morgan fingerprint density at radius 3 is 2.60 bits per heavy atom. The minimum atomic E-state index is -3.91. The highest BCUT2D eigenvalue weighted by Gasteiger charge is 2.14. The fraction of sp³-hybridized carbons (Fsp3) is 0. The predicted octanol–water partition coefficient (Wildman–Crippen LogP) is 3.00. The predicted molar refractivity (Wildman–Crippen MR) is 98.5 cm³/mol. The molecular formula is C15H13N5O3S2. The second-order valence-corrected chi connectivity index (χ2v) is 6.96. The van der Waals surface area contributed by atoms with Crippen LogP contribution in [0.15, 0.2) is 63.7 Å². The Kier molecular flexibility index (Phi) is 4.49. The molecule has 1 aromatic heterocycles. The lowest BCUT2D eigenvalue weighted by atomic mass is 10.2. The number of rotatable bonds is 3. The SMILES string of the molecule is NS(=O)(=O)c1ccccc1NC(=S)N=Nc1c(O)[nH]c2ccccc12. The number of azo groups is 1. The van der Waals surface area contributed by atoms with Crippen molar-refractivity contribution in [1.82, 2.24) is 4.98 Å². The highest BCUT2D eigenvalue weighted by atomic mass is 32.2. The summed E-state index contributed by atoms with van der Waals surface area (Å²) in [4.78, 5) is 2.66. The molecule has 0 spiro atoms. The van der Waals surface area contributed by atoms with Crippen LogP contribution in [0.2, 0.25) is 0 Å². The molecule has 0 aliphatic heterocycles. The molecule has 0 fully saturated rings. The summed E-state index contributed by atoms with van der Waals surface area (Å²) in [5.41, 5.74) is 1.13. The molecule has 0 aliphatic carbocycles. The van der Waals surface area contributed by atoms with Crippen LogP contribution in [0.1, 0.15) is 0 Å². The third-order valence-corrected chi connectivity index (χ3v) is 4.49. The second-order valence-electron chi connectivity index (χ2n) is 5.04. The first-order valence-corrected chi connectivity index (χ1v) is 8.96. The van der Waals surface area contributed by atoms with Crippen LogP contribution in [0.5, 0.6) is 5.88 Å². The van der Waals surface area contributed by atoms with Gasteiger partial charge in [0.1, 0.15) is 4.90 Å². The smallest absolute Gasteiger partial charge is 0.240 e. The Morgan fingerprint density at radius 2 is 1.84 bits per heavy atom. The van der Waals surface area contributed by atoms with E-state index in [2.05, 4.69) is 20.5 Å². The summed E-state index contributed by atoms with van der Waals surface area (Å²) in [5.74, 6) is -0.141. The molecule has 5 N–H and O–H groups in total. The summed E-state index contributed by atoms with van der Waals surface area (Å²) < 4.78 is 23.1. The Hall–Kier alpha value is -2.82. The number of nitrogens with two attached hydrogens (primary N) is 1. The van der Waals surface area contributed by atoms with Crippen LogP contribution in [0.25, 0.3) is 10.9 Å². The first-order chi connectivity index (χ1) is 11.9. The van der Waals surface area contributed by atoms with Crippen LogP contribution in [0.4, 0.5) is 11.4 Å². The lowest BCUT2D eigenvalue weighted by Gasteiger charge is -2.08. The molecule has 0 saturated carbocycles. The van der Waals surface area contributed by atoms with E-state index in [-0.39, 0.29) is 27.3 Å². The van der Waals surface area contributed by atoms with Crippen molar-refractivity contribution >= 4 is 49.6 Å². The summed E-state index contributed by atoms with van der Waals surface area (Å²) >= 11 is 5.06.